The van der Waals surface area contributed by atoms with Gasteiger partial charge in [0.2, 0.25) is 0 Å². The van der Waals surface area contributed by atoms with Crippen LogP contribution in [-0.2, 0) is 4.74 Å². The summed E-state index contributed by atoms with van der Waals surface area (Å²) in [6, 6.07) is 3.58. The van der Waals surface area contributed by atoms with Gasteiger partial charge in [-0.2, -0.15) is 0 Å². The zero-order chi connectivity index (χ0) is 12.5. The maximum atomic E-state index is 12.5. The summed E-state index contributed by atoms with van der Waals surface area (Å²) in [5.74, 6) is 0.504. The molecule has 1 aliphatic heterocycles. The average Bonchev–Trinajstić information content (AvgIpc) is 2.72. The number of benzene rings is 1. The summed E-state index contributed by atoms with van der Waals surface area (Å²) in [5, 5.41) is 0. The van der Waals surface area contributed by atoms with E-state index >= 15 is 0 Å². The maximum Gasteiger partial charge on any atom is 0.509 e. The number of rotatable bonds is 3. The molecule has 1 fully saturated rings. The van der Waals surface area contributed by atoms with Crippen molar-refractivity contribution < 1.29 is 22.4 Å². The highest BCUT2D eigenvalue weighted by Crippen LogP contribution is 2.22. The van der Waals surface area contributed by atoms with Crippen LogP contribution in [0.25, 0.3) is 0 Å². The third-order valence-electron chi connectivity index (χ3n) is 2.76. The highest BCUT2D eigenvalue weighted by atomic mass is 19.4. The number of ether oxygens (including phenoxy) is 2. The van der Waals surface area contributed by atoms with E-state index in [0.717, 1.165) is 18.6 Å². The molecule has 1 aromatic rings. The minimum atomic E-state index is -4.94. The number of aryl methyl sites for hydroxylation is 1. The molecule has 0 aromatic heterocycles. The molecule has 0 aliphatic carbocycles. The molecular weight excluding hydrogens is 232 g/mol. The summed E-state index contributed by atoms with van der Waals surface area (Å²) in [6.45, 7) is -2.17. The first-order valence-corrected chi connectivity index (χ1v) is 5.52. The van der Waals surface area contributed by atoms with E-state index < -0.39 is 12.4 Å². The van der Waals surface area contributed by atoms with Gasteiger partial charge in [0.05, 0.1) is 13.2 Å². The summed E-state index contributed by atoms with van der Waals surface area (Å²) in [4.78, 5) is 0. The highest BCUT2D eigenvalue weighted by molar-refractivity contribution is 6.73. The van der Waals surface area contributed by atoms with Gasteiger partial charge in [0.25, 0.3) is 0 Å². The van der Waals surface area contributed by atoms with Crippen molar-refractivity contribution >= 4 is 12.4 Å². The van der Waals surface area contributed by atoms with Crippen molar-refractivity contribution in [3.8, 4) is 5.75 Å². The highest BCUT2D eigenvalue weighted by Gasteiger charge is 2.26. The Kier molecular flexibility index (Phi) is 3.33. The van der Waals surface area contributed by atoms with Crippen molar-refractivity contribution in [3.63, 3.8) is 0 Å². The van der Waals surface area contributed by atoms with Crippen LogP contribution in [0, 0.1) is 6.92 Å². The lowest BCUT2D eigenvalue weighted by atomic mass is 9.79. The Labute approximate surface area is 97.8 Å². The first-order chi connectivity index (χ1) is 7.97. The van der Waals surface area contributed by atoms with E-state index in [1.807, 2.05) is 0 Å². The van der Waals surface area contributed by atoms with Crippen LogP contribution < -0.4 is 10.2 Å². The fourth-order valence-electron chi connectivity index (χ4n) is 1.79. The second-order valence-corrected chi connectivity index (χ2v) is 4.20. The smallest absolute Gasteiger partial charge is 0.488 e. The molecule has 94 valence electrons. The molecule has 0 bridgehead atoms. The monoisotopic (exact) mass is 245 g/mol. The normalized spacial score (nSPS) is 20.6. The van der Waals surface area contributed by atoms with Gasteiger partial charge in [-0.05, 0) is 18.6 Å². The molecule has 1 unspecified atom stereocenters. The van der Waals surface area contributed by atoms with Crippen molar-refractivity contribution in [2.75, 3.05) is 13.2 Å². The lowest BCUT2D eigenvalue weighted by Crippen LogP contribution is -2.34. The van der Waals surface area contributed by atoms with Crippen molar-refractivity contribution in [2.24, 2.45) is 0 Å². The Balaban J connectivity index is 2.14. The van der Waals surface area contributed by atoms with Crippen LogP contribution in [0.2, 0.25) is 0 Å². The second kappa shape index (κ2) is 4.60. The molecule has 0 N–H and O–H groups in total. The number of hydrogen-bond donors (Lipinski definition) is 0. The van der Waals surface area contributed by atoms with E-state index in [1.54, 1.807) is 6.92 Å². The van der Waals surface area contributed by atoms with Crippen molar-refractivity contribution in [1.82, 2.24) is 0 Å². The van der Waals surface area contributed by atoms with Gasteiger partial charge in [-0.1, -0.05) is 12.1 Å². The largest absolute Gasteiger partial charge is 0.509 e. The summed E-state index contributed by atoms with van der Waals surface area (Å²) in [6.07, 6.45) is 0.737. The first-order valence-electron chi connectivity index (χ1n) is 5.52. The topological polar surface area (TPSA) is 18.5 Å². The predicted octanol–water partition coefficient (Wildman–Crippen LogP) is 2.22. The zero-order valence-corrected chi connectivity index (χ0v) is 9.46. The predicted molar refractivity (Wildman–Crippen MR) is 59.7 cm³/mol. The molecule has 1 atom stereocenters. The fraction of sp³-hybridized carbons (Fsp3) is 0.455. The summed E-state index contributed by atoms with van der Waals surface area (Å²) in [7, 11) is 0. The lowest BCUT2D eigenvalue weighted by molar-refractivity contribution is 0.141. The first kappa shape index (κ1) is 12.3. The lowest BCUT2D eigenvalue weighted by Gasteiger charge is -2.19. The van der Waals surface area contributed by atoms with E-state index in [0.29, 0.717) is 24.5 Å². The van der Waals surface area contributed by atoms with Gasteiger partial charge in [-0.25, -0.2) is 0 Å². The Hall–Kier alpha value is -1.17. The van der Waals surface area contributed by atoms with Gasteiger partial charge in [0.15, 0.2) is 0 Å². The van der Waals surface area contributed by atoms with Crippen LogP contribution in [0.4, 0.5) is 12.9 Å². The van der Waals surface area contributed by atoms with Crippen LogP contribution in [0.15, 0.2) is 18.2 Å². The molecule has 6 heteroatoms. The van der Waals surface area contributed by atoms with E-state index in [9.17, 15) is 12.9 Å². The van der Waals surface area contributed by atoms with Crippen molar-refractivity contribution in [2.45, 2.75) is 19.4 Å². The zero-order valence-electron chi connectivity index (χ0n) is 9.46. The average molecular weight is 245 g/mol. The van der Waals surface area contributed by atoms with E-state index in [4.69, 9.17) is 9.47 Å². The molecule has 17 heavy (non-hydrogen) atoms. The molecule has 1 heterocycles. The minimum absolute atomic E-state index is 0.0454. The van der Waals surface area contributed by atoms with Gasteiger partial charge in [0.1, 0.15) is 11.9 Å². The Morgan fingerprint density at radius 2 is 2.12 bits per heavy atom. The molecule has 1 aromatic carbocycles. The third kappa shape index (κ3) is 2.94. The van der Waals surface area contributed by atoms with Gasteiger partial charge in [-0.15, -0.1) is 5.46 Å². The molecule has 2 rings (SSSR count). The molecule has 0 spiro atoms. The third-order valence-corrected chi connectivity index (χ3v) is 2.76. The summed E-state index contributed by atoms with van der Waals surface area (Å²) < 4.78 is 48.3. The Bertz CT molecular complexity index is 400. The SMILES string of the molecule is Cc1cc([B-](F)(F)F)ccc1OC1CCOC1. The van der Waals surface area contributed by atoms with Crippen LogP contribution >= 0.6 is 0 Å². The molecule has 0 amide bonds. The fourth-order valence-corrected chi connectivity index (χ4v) is 1.79. The summed E-state index contributed by atoms with van der Waals surface area (Å²) >= 11 is 0. The van der Waals surface area contributed by atoms with Gasteiger partial charge < -0.3 is 22.4 Å². The van der Waals surface area contributed by atoms with E-state index in [2.05, 4.69) is 0 Å². The van der Waals surface area contributed by atoms with Crippen LogP contribution in [-0.4, -0.2) is 26.3 Å². The molecule has 2 nitrogen and oxygen atoms in total. The number of halogens is 3. The molecule has 0 radical (unpaired) electrons. The molecule has 1 saturated heterocycles. The van der Waals surface area contributed by atoms with Gasteiger partial charge in [-0.3, -0.25) is 0 Å². The summed E-state index contributed by atoms with van der Waals surface area (Å²) in [5.41, 5.74) is -0.0777. The molecule has 1 aliphatic rings. The number of hydrogen-bond acceptors (Lipinski definition) is 2. The Morgan fingerprint density at radius 1 is 1.35 bits per heavy atom. The van der Waals surface area contributed by atoms with Crippen molar-refractivity contribution in [3.05, 3.63) is 23.8 Å². The molecular formula is C11H13BF3O2-. The minimum Gasteiger partial charge on any atom is -0.488 e. The van der Waals surface area contributed by atoms with Gasteiger partial charge in [0, 0.05) is 6.42 Å². The molecule has 0 saturated carbocycles. The standard InChI is InChI=1S/C11H13BF3O2/c1-8-6-9(12(13,14)15)2-3-11(8)17-10-4-5-16-7-10/h2-3,6,10H,4-5,7H2,1H3/q-1. The van der Waals surface area contributed by atoms with Crippen LogP contribution in [0.3, 0.4) is 0 Å². The Morgan fingerprint density at radius 3 is 2.65 bits per heavy atom. The van der Waals surface area contributed by atoms with E-state index in [-0.39, 0.29) is 6.10 Å². The van der Waals surface area contributed by atoms with Crippen LogP contribution in [0.1, 0.15) is 12.0 Å². The van der Waals surface area contributed by atoms with E-state index in [1.165, 1.54) is 6.07 Å². The van der Waals surface area contributed by atoms with Gasteiger partial charge >= 0.3 is 6.98 Å². The quantitative estimate of drug-likeness (QED) is 0.760. The second-order valence-electron chi connectivity index (χ2n) is 4.20. The van der Waals surface area contributed by atoms with Crippen LogP contribution in [0.5, 0.6) is 5.75 Å². The van der Waals surface area contributed by atoms with Crippen molar-refractivity contribution in [1.29, 1.82) is 0 Å². The maximum absolute atomic E-state index is 12.5.